The molecule has 2 fully saturated rings. The van der Waals surface area contributed by atoms with Crippen LogP contribution in [0, 0.1) is 0 Å². The Balaban J connectivity index is 1.79. The lowest BCUT2D eigenvalue weighted by atomic mass is 10.0. The van der Waals surface area contributed by atoms with E-state index in [0.29, 0.717) is 24.4 Å². The van der Waals surface area contributed by atoms with Crippen LogP contribution in [-0.4, -0.2) is 69.6 Å². The molecule has 0 aliphatic carbocycles. The Labute approximate surface area is 120 Å². The molecular weight excluding hydrogens is 284 g/mol. The Morgan fingerprint density at radius 1 is 1.48 bits per heavy atom. The first-order valence-corrected chi connectivity index (χ1v) is 6.60. The van der Waals surface area contributed by atoms with Crippen molar-refractivity contribution in [3.8, 4) is 0 Å². The summed E-state index contributed by atoms with van der Waals surface area (Å²) >= 11 is 0. The van der Waals surface area contributed by atoms with E-state index in [9.17, 15) is 19.6 Å². The molecule has 10 heteroatoms. The number of hydroxylamine groups is 3. The fraction of sp³-hybridized carbons (Fsp3) is 0.727. The third-order valence-corrected chi connectivity index (χ3v) is 3.52. The van der Waals surface area contributed by atoms with Crippen molar-refractivity contribution in [2.75, 3.05) is 13.2 Å². The highest BCUT2D eigenvalue weighted by Gasteiger charge is 2.46. The molecule has 118 valence electrons. The fourth-order valence-corrected chi connectivity index (χ4v) is 2.48. The normalized spacial score (nSPS) is 25.7. The summed E-state index contributed by atoms with van der Waals surface area (Å²) in [4.78, 5) is 40.3. The summed E-state index contributed by atoms with van der Waals surface area (Å²) in [5.41, 5.74) is 2.21. The van der Waals surface area contributed by atoms with Gasteiger partial charge in [0, 0.05) is 6.54 Å². The van der Waals surface area contributed by atoms with Gasteiger partial charge in [-0.2, -0.15) is 0 Å². The molecule has 2 heterocycles. The number of piperidine rings is 1. The van der Waals surface area contributed by atoms with E-state index in [1.807, 2.05) is 0 Å². The van der Waals surface area contributed by atoms with Gasteiger partial charge in [-0.05, 0) is 19.8 Å². The summed E-state index contributed by atoms with van der Waals surface area (Å²) in [6.07, 6.45) is -0.208. The maximum atomic E-state index is 12.0. The first-order chi connectivity index (χ1) is 9.90. The van der Waals surface area contributed by atoms with E-state index < -0.39 is 30.1 Å². The van der Waals surface area contributed by atoms with Crippen LogP contribution in [0.4, 0.5) is 9.59 Å². The molecule has 2 bridgehead atoms. The van der Waals surface area contributed by atoms with E-state index in [1.165, 1.54) is 4.90 Å². The SMILES string of the molecule is C[C@H](CONC(=O)[C@@H]1CC[C@@H]2CN1C(=O)N2O)NC(=O)O. The topological polar surface area (TPSA) is 131 Å². The smallest absolute Gasteiger partial charge is 0.404 e. The van der Waals surface area contributed by atoms with Crippen molar-refractivity contribution in [3.05, 3.63) is 0 Å². The van der Waals surface area contributed by atoms with Gasteiger partial charge in [0.2, 0.25) is 0 Å². The van der Waals surface area contributed by atoms with Crippen molar-refractivity contribution >= 4 is 18.0 Å². The molecule has 2 aliphatic rings. The molecule has 3 atom stereocenters. The Bertz CT molecular complexity index is 444. The molecule has 2 rings (SSSR count). The lowest BCUT2D eigenvalue weighted by molar-refractivity contribution is -0.139. The first-order valence-electron chi connectivity index (χ1n) is 6.60. The summed E-state index contributed by atoms with van der Waals surface area (Å²) < 4.78 is 0. The van der Waals surface area contributed by atoms with Crippen LogP contribution in [-0.2, 0) is 9.63 Å². The van der Waals surface area contributed by atoms with Crippen LogP contribution in [0.5, 0.6) is 0 Å². The van der Waals surface area contributed by atoms with E-state index in [-0.39, 0.29) is 12.6 Å². The lowest BCUT2D eigenvalue weighted by Crippen LogP contribution is -2.50. The number of hydrogen-bond donors (Lipinski definition) is 4. The van der Waals surface area contributed by atoms with E-state index in [2.05, 4.69) is 10.8 Å². The maximum Gasteiger partial charge on any atom is 0.404 e. The monoisotopic (exact) mass is 302 g/mol. The van der Waals surface area contributed by atoms with Crippen molar-refractivity contribution in [2.45, 2.75) is 37.9 Å². The molecule has 0 saturated carbocycles. The van der Waals surface area contributed by atoms with Crippen molar-refractivity contribution in [1.29, 1.82) is 0 Å². The molecule has 0 aromatic heterocycles. The molecule has 4 N–H and O–H groups in total. The minimum absolute atomic E-state index is 0.0343. The summed E-state index contributed by atoms with van der Waals surface area (Å²) in [5, 5.41) is 20.8. The number of hydrogen-bond acceptors (Lipinski definition) is 5. The van der Waals surface area contributed by atoms with Crippen LogP contribution in [0.2, 0.25) is 0 Å². The highest BCUT2D eigenvalue weighted by molar-refractivity contribution is 5.87. The van der Waals surface area contributed by atoms with Gasteiger partial charge in [0.25, 0.3) is 5.91 Å². The van der Waals surface area contributed by atoms with Gasteiger partial charge in [-0.1, -0.05) is 0 Å². The van der Waals surface area contributed by atoms with Crippen molar-refractivity contribution < 1.29 is 29.5 Å². The van der Waals surface area contributed by atoms with Crippen LogP contribution in [0.3, 0.4) is 0 Å². The number of nitrogens with one attached hydrogen (secondary N) is 2. The molecule has 0 unspecified atom stereocenters. The lowest BCUT2D eigenvalue weighted by Gasteiger charge is -2.29. The van der Waals surface area contributed by atoms with Crippen LogP contribution in [0.25, 0.3) is 0 Å². The summed E-state index contributed by atoms with van der Waals surface area (Å²) in [5.74, 6) is -0.486. The number of fused-ring (bicyclic) bond motifs is 2. The van der Waals surface area contributed by atoms with Gasteiger partial charge >= 0.3 is 12.1 Å². The number of carbonyl (C=O) groups excluding carboxylic acids is 2. The zero-order chi connectivity index (χ0) is 15.6. The zero-order valence-electron chi connectivity index (χ0n) is 11.5. The van der Waals surface area contributed by atoms with Gasteiger partial charge in [0.15, 0.2) is 0 Å². The molecular formula is C11H18N4O6. The Morgan fingerprint density at radius 3 is 2.86 bits per heavy atom. The zero-order valence-corrected chi connectivity index (χ0v) is 11.5. The molecule has 4 amide bonds. The van der Waals surface area contributed by atoms with Gasteiger partial charge in [0.05, 0.1) is 18.7 Å². The number of amides is 4. The second kappa shape index (κ2) is 6.14. The second-order valence-electron chi connectivity index (χ2n) is 5.15. The molecule has 2 saturated heterocycles. The predicted molar refractivity (Wildman–Crippen MR) is 67.3 cm³/mol. The Morgan fingerprint density at radius 2 is 2.19 bits per heavy atom. The molecule has 0 aromatic carbocycles. The van der Waals surface area contributed by atoms with E-state index in [0.717, 1.165) is 0 Å². The highest BCUT2D eigenvalue weighted by Crippen LogP contribution is 2.28. The van der Waals surface area contributed by atoms with Crippen LogP contribution in [0.15, 0.2) is 0 Å². The van der Waals surface area contributed by atoms with Crippen molar-refractivity contribution in [2.24, 2.45) is 0 Å². The van der Waals surface area contributed by atoms with E-state index in [1.54, 1.807) is 6.92 Å². The third kappa shape index (κ3) is 3.34. The predicted octanol–water partition coefficient (Wildman–Crippen LogP) is -0.652. The average molecular weight is 302 g/mol. The number of carboxylic acid groups (broad SMARTS) is 1. The van der Waals surface area contributed by atoms with Crippen LogP contribution in [0.1, 0.15) is 19.8 Å². The minimum atomic E-state index is -1.18. The molecule has 2 aliphatic heterocycles. The standard InChI is InChI=1S/C11H18N4O6/c1-6(12-10(17)18)5-21-13-9(16)8-3-2-7-4-14(8)11(19)15(7)20/h6-8,12,20H,2-5H2,1H3,(H,13,16)(H,17,18)/t6-,7-,8+/m1/s1. The summed E-state index contributed by atoms with van der Waals surface area (Å²) in [6.45, 7) is 1.86. The average Bonchev–Trinajstić information content (AvgIpc) is 2.63. The largest absolute Gasteiger partial charge is 0.465 e. The van der Waals surface area contributed by atoms with Gasteiger partial charge in [0.1, 0.15) is 6.04 Å². The Hall–Kier alpha value is -2.07. The summed E-state index contributed by atoms with van der Waals surface area (Å²) in [7, 11) is 0. The quantitative estimate of drug-likeness (QED) is 0.394. The third-order valence-electron chi connectivity index (χ3n) is 3.52. The second-order valence-corrected chi connectivity index (χ2v) is 5.15. The molecule has 0 radical (unpaired) electrons. The Kier molecular flexibility index (Phi) is 4.48. The maximum absolute atomic E-state index is 12.0. The van der Waals surface area contributed by atoms with Gasteiger partial charge in [-0.15, -0.1) is 0 Å². The minimum Gasteiger partial charge on any atom is -0.465 e. The van der Waals surface area contributed by atoms with Crippen LogP contribution < -0.4 is 10.8 Å². The first kappa shape index (κ1) is 15.3. The van der Waals surface area contributed by atoms with Gasteiger partial charge in [-0.3, -0.25) is 14.8 Å². The fourth-order valence-electron chi connectivity index (χ4n) is 2.48. The molecule has 21 heavy (non-hydrogen) atoms. The molecule has 0 spiro atoms. The van der Waals surface area contributed by atoms with Gasteiger partial charge < -0.3 is 15.3 Å². The summed E-state index contributed by atoms with van der Waals surface area (Å²) in [6, 6.07) is -2.02. The number of nitrogens with zero attached hydrogens (tertiary/aromatic N) is 2. The number of rotatable bonds is 5. The highest BCUT2D eigenvalue weighted by atomic mass is 16.7. The molecule has 10 nitrogen and oxygen atoms in total. The van der Waals surface area contributed by atoms with Crippen molar-refractivity contribution in [1.82, 2.24) is 20.8 Å². The molecule has 0 aromatic rings. The van der Waals surface area contributed by atoms with E-state index >= 15 is 0 Å². The van der Waals surface area contributed by atoms with Gasteiger partial charge in [-0.25, -0.2) is 20.1 Å². The number of urea groups is 1. The van der Waals surface area contributed by atoms with Crippen LogP contribution >= 0.6 is 0 Å². The van der Waals surface area contributed by atoms with Crippen molar-refractivity contribution in [3.63, 3.8) is 0 Å². The number of carbonyl (C=O) groups is 3. The van der Waals surface area contributed by atoms with E-state index in [4.69, 9.17) is 9.94 Å².